The highest BCUT2D eigenvalue weighted by Crippen LogP contribution is 2.19. The number of piperidine rings is 1. The van der Waals surface area contributed by atoms with Gasteiger partial charge in [0.25, 0.3) is 0 Å². The molecule has 0 bridgehead atoms. The Morgan fingerprint density at radius 2 is 2.05 bits per heavy atom. The number of urea groups is 1. The molecule has 0 saturated carbocycles. The number of carbonyl (C=O) groups is 2. The van der Waals surface area contributed by atoms with Crippen molar-refractivity contribution in [1.29, 1.82) is 0 Å². The van der Waals surface area contributed by atoms with Crippen LogP contribution in [0.25, 0.3) is 0 Å². The van der Waals surface area contributed by atoms with Crippen LogP contribution in [0.5, 0.6) is 0 Å². The Hall–Kier alpha value is -2.04. The molecule has 1 heterocycles. The van der Waals surface area contributed by atoms with Gasteiger partial charge in [-0.1, -0.05) is 17.7 Å². The minimum Gasteiger partial charge on any atom is -0.466 e. The summed E-state index contributed by atoms with van der Waals surface area (Å²) in [5.74, 6) is -0.409. The molecular formula is C16H22N2O3. The van der Waals surface area contributed by atoms with E-state index in [1.165, 1.54) is 0 Å². The van der Waals surface area contributed by atoms with Crippen molar-refractivity contribution in [2.45, 2.75) is 26.7 Å². The van der Waals surface area contributed by atoms with Gasteiger partial charge in [0.2, 0.25) is 0 Å². The first-order valence-electron chi connectivity index (χ1n) is 7.39. The smallest absolute Gasteiger partial charge is 0.321 e. The number of anilines is 1. The van der Waals surface area contributed by atoms with Crippen LogP contribution >= 0.6 is 0 Å². The number of nitrogens with zero attached hydrogens (tertiary/aromatic N) is 1. The molecule has 2 amide bonds. The van der Waals surface area contributed by atoms with E-state index in [0.717, 1.165) is 24.1 Å². The average molecular weight is 290 g/mol. The van der Waals surface area contributed by atoms with E-state index in [1.54, 1.807) is 11.8 Å². The zero-order chi connectivity index (χ0) is 15.2. The molecule has 5 heteroatoms. The highest BCUT2D eigenvalue weighted by Gasteiger charge is 2.29. The van der Waals surface area contributed by atoms with E-state index in [9.17, 15) is 9.59 Å². The molecule has 2 rings (SSSR count). The Bertz CT molecular complexity index is 499. The van der Waals surface area contributed by atoms with Gasteiger partial charge < -0.3 is 15.0 Å². The van der Waals surface area contributed by atoms with Crippen molar-refractivity contribution in [3.63, 3.8) is 0 Å². The van der Waals surface area contributed by atoms with Gasteiger partial charge in [-0.05, 0) is 38.8 Å². The fourth-order valence-electron chi connectivity index (χ4n) is 2.45. The highest BCUT2D eigenvalue weighted by molar-refractivity contribution is 5.89. The van der Waals surface area contributed by atoms with Gasteiger partial charge in [0.05, 0.1) is 12.5 Å². The standard InChI is InChI=1S/C16H22N2O3/c1-3-21-15(19)13-5-4-10-18(11-13)16(20)17-14-8-6-12(2)7-9-14/h6-9,13H,3-5,10-11H2,1-2H3,(H,17,20)/t13-/m0/s1. The van der Waals surface area contributed by atoms with Crippen molar-refractivity contribution in [2.75, 3.05) is 25.0 Å². The van der Waals surface area contributed by atoms with Gasteiger partial charge >= 0.3 is 12.0 Å². The second-order valence-electron chi connectivity index (χ2n) is 5.33. The molecule has 114 valence electrons. The molecule has 1 N–H and O–H groups in total. The van der Waals surface area contributed by atoms with E-state index in [4.69, 9.17) is 4.74 Å². The number of likely N-dealkylation sites (tertiary alicyclic amines) is 1. The van der Waals surface area contributed by atoms with Crippen LogP contribution in [0.1, 0.15) is 25.3 Å². The number of rotatable bonds is 3. The first-order valence-corrected chi connectivity index (χ1v) is 7.39. The van der Waals surface area contributed by atoms with Crippen LogP contribution in [0.3, 0.4) is 0 Å². The Labute approximate surface area is 125 Å². The van der Waals surface area contributed by atoms with Gasteiger partial charge in [-0.25, -0.2) is 4.79 Å². The fraction of sp³-hybridized carbons (Fsp3) is 0.500. The molecule has 1 saturated heterocycles. The summed E-state index contributed by atoms with van der Waals surface area (Å²) in [4.78, 5) is 25.7. The van der Waals surface area contributed by atoms with Crippen molar-refractivity contribution in [2.24, 2.45) is 5.92 Å². The second-order valence-corrected chi connectivity index (χ2v) is 5.33. The fourth-order valence-corrected chi connectivity index (χ4v) is 2.45. The van der Waals surface area contributed by atoms with E-state index in [1.807, 2.05) is 31.2 Å². The summed E-state index contributed by atoms with van der Waals surface area (Å²) < 4.78 is 5.04. The Morgan fingerprint density at radius 3 is 2.71 bits per heavy atom. The number of hydrogen-bond donors (Lipinski definition) is 1. The zero-order valence-corrected chi connectivity index (χ0v) is 12.6. The molecule has 21 heavy (non-hydrogen) atoms. The lowest BCUT2D eigenvalue weighted by Gasteiger charge is -2.31. The molecule has 5 nitrogen and oxygen atoms in total. The summed E-state index contributed by atoms with van der Waals surface area (Å²) in [7, 11) is 0. The predicted molar refractivity (Wildman–Crippen MR) is 81.1 cm³/mol. The maximum absolute atomic E-state index is 12.2. The number of nitrogens with one attached hydrogen (secondary N) is 1. The Balaban J connectivity index is 1.92. The van der Waals surface area contributed by atoms with Gasteiger partial charge in [0.1, 0.15) is 0 Å². The van der Waals surface area contributed by atoms with Crippen LogP contribution in [0.4, 0.5) is 10.5 Å². The first kappa shape index (κ1) is 15.4. The van der Waals surface area contributed by atoms with Crippen LogP contribution < -0.4 is 5.32 Å². The minimum atomic E-state index is -0.206. The van der Waals surface area contributed by atoms with Gasteiger partial charge in [-0.3, -0.25) is 4.79 Å². The number of hydrogen-bond acceptors (Lipinski definition) is 3. The van der Waals surface area contributed by atoms with Crippen molar-refractivity contribution < 1.29 is 14.3 Å². The summed E-state index contributed by atoms with van der Waals surface area (Å²) in [5.41, 5.74) is 1.91. The number of benzene rings is 1. The molecule has 1 fully saturated rings. The third-order valence-electron chi connectivity index (χ3n) is 3.63. The third kappa shape index (κ3) is 4.21. The van der Waals surface area contributed by atoms with Crippen molar-refractivity contribution in [3.05, 3.63) is 29.8 Å². The molecular weight excluding hydrogens is 268 g/mol. The predicted octanol–water partition coefficient (Wildman–Crippen LogP) is 2.80. The van der Waals surface area contributed by atoms with Crippen LogP contribution in [0, 0.1) is 12.8 Å². The lowest BCUT2D eigenvalue weighted by atomic mass is 9.98. The topological polar surface area (TPSA) is 58.6 Å². The lowest BCUT2D eigenvalue weighted by Crippen LogP contribution is -2.44. The average Bonchev–Trinajstić information content (AvgIpc) is 2.50. The van der Waals surface area contributed by atoms with E-state index >= 15 is 0 Å². The Morgan fingerprint density at radius 1 is 1.33 bits per heavy atom. The second kappa shape index (κ2) is 7.11. The number of aryl methyl sites for hydroxylation is 1. The lowest BCUT2D eigenvalue weighted by molar-refractivity contribution is -0.149. The van der Waals surface area contributed by atoms with E-state index in [0.29, 0.717) is 19.7 Å². The maximum Gasteiger partial charge on any atom is 0.321 e. The number of ether oxygens (including phenoxy) is 1. The summed E-state index contributed by atoms with van der Waals surface area (Å²) in [6.45, 7) is 5.28. The van der Waals surface area contributed by atoms with Gasteiger partial charge in [0, 0.05) is 18.8 Å². The molecule has 0 radical (unpaired) electrons. The summed E-state index contributed by atoms with van der Waals surface area (Å²) in [6, 6.07) is 7.49. The quantitative estimate of drug-likeness (QED) is 0.871. The zero-order valence-electron chi connectivity index (χ0n) is 12.6. The maximum atomic E-state index is 12.2. The SMILES string of the molecule is CCOC(=O)[C@H]1CCCN(C(=O)Nc2ccc(C)cc2)C1. The summed E-state index contributed by atoms with van der Waals surface area (Å²) in [6.07, 6.45) is 1.61. The van der Waals surface area contributed by atoms with Crippen molar-refractivity contribution in [1.82, 2.24) is 4.90 Å². The highest BCUT2D eigenvalue weighted by atomic mass is 16.5. The van der Waals surface area contributed by atoms with Crippen LogP contribution in [0.15, 0.2) is 24.3 Å². The van der Waals surface area contributed by atoms with E-state index in [2.05, 4.69) is 5.32 Å². The van der Waals surface area contributed by atoms with Gasteiger partial charge in [-0.2, -0.15) is 0 Å². The van der Waals surface area contributed by atoms with E-state index < -0.39 is 0 Å². The molecule has 0 unspecified atom stereocenters. The molecule has 0 aromatic heterocycles. The Kier molecular flexibility index (Phi) is 5.20. The number of esters is 1. The molecule has 1 aromatic carbocycles. The molecule has 1 aromatic rings. The van der Waals surface area contributed by atoms with Crippen molar-refractivity contribution in [3.8, 4) is 0 Å². The molecule has 0 aliphatic carbocycles. The van der Waals surface area contributed by atoms with Crippen molar-refractivity contribution >= 4 is 17.7 Å². The van der Waals surface area contributed by atoms with Gasteiger partial charge in [0.15, 0.2) is 0 Å². The number of carbonyl (C=O) groups excluding carboxylic acids is 2. The molecule has 1 atom stereocenters. The van der Waals surface area contributed by atoms with Crippen LogP contribution in [-0.4, -0.2) is 36.6 Å². The normalized spacial score (nSPS) is 18.2. The molecule has 0 spiro atoms. The number of amides is 2. The largest absolute Gasteiger partial charge is 0.466 e. The summed E-state index contributed by atoms with van der Waals surface area (Å²) in [5, 5.41) is 2.87. The molecule has 1 aliphatic rings. The van der Waals surface area contributed by atoms with Crippen LogP contribution in [-0.2, 0) is 9.53 Å². The van der Waals surface area contributed by atoms with Gasteiger partial charge in [-0.15, -0.1) is 0 Å². The van der Waals surface area contributed by atoms with E-state index in [-0.39, 0.29) is 17.9 Å². The first-order chi connectivity index (χ1) is 10.1. The summed E-state index contributed by atoms with van der Waals surface area (Å²) >= 11 is 0. The minimum absolute atomic E-state index is 0.159. The third-order valence-corrected chi connectivity index (χ3v) is 3.63. The monoisotopic (exact) mass is 290 g/mol. The molecule has 1 aliphatic heterocycles. The van der Waals surface area contributed by atoms with Crippen LogP contribution in [0.2, 0.25) is 0 Å².